The third kappa shape index (κ3) is 1.73. The van der Waals surface area contributed by atoms with Crippen molar-refractivity contribution in [3.05, 3.63) is 22.9 Å². The van der Waals surface area contributed by atoms with Crippen molar-refractivity contribution in [3.8, 4) is 5.75 Å². The average molecular weight is 163 g/mol. The molecule has 0 unspecified atom stereocenters. The molecule has 1 aromatic heterocycles. The van der Waals surface area contributed by atoms with E-state index in [1.54, 1.807) is 0 Å². The predicted octanol–water partition coefficient (Wildman–Crippen LogP) is 0.200. The third-order valence-electron chi connectivity index (χ3n) is 0.906. The molecular formula is C5H7ClN2O2. The second-order valence-corrected chi connectivity index (χ2v) is 1.45. The first-order chi connectivity index (χ1) is 4.34. The van der Waals surface area contributed by atoms with Crippen molar-refractivity contribution >= 4 is 12.4 Å². The highest BCUT2D eigenvalue weighted by Gasteiger charge is 1.92. The van der Waals surface area contributed by atoms with E-state index in [-0.39, 0.29) is 23.7 Å². The van der Waals surface area contributed by atoms with Gasteiger partial charge in [-0.25, -0.2) is 4.98 Å². The zero-order valence-corrected chi connectivity index (χ0v) is 6.14. The van der Waals surface area contributed by atoms with Crippen LogP contribution in [0.4, 0.5) is 0 Å². The fourth-order valence-corrected chi connectivity index (χ4v) is 0.476. The van der Waals surface area contributed by atoms with Gasteiger partial charge in [-0.15, -0.1) is 12.4 Å². The van der Waals surface area contributed by atoms with Crippen LogP contribution in [0.15, 0.2) is 17.3 Å². The fraction of sp³-hybridized carbons (Fsp3) is 0.200. The number of H-pyrrole nitrogens is 1. The van der Waals surface area contributed by atoms with E-state index in [1.807, 2.05) is 0 Å². The summed E-state index contributed by atoms with van der Waals surface area (Å²) in [6.07, 6.45) is 2.67. The van der Waals surface area contributed by atoms with E-state index in [0.717, 1.165) is 0 Å². The number of rotatable bonds is 1. The average Bonchev–Trinajstić information content (AvgIpc) is 1.89. The van der Waals surface area contributed by atoms with Crippen molar-refractivity contribution in [1.82, 2.24) is 9.97 Å². The number of nitrogens with zero attached hydrogens (tertiary/aromatic N) is 1. The van der Waals surface area contributed by atoms with Gasteiger partial charge in [0.1, 0.15) is 0 Å². The standard InChI is InChI=1S/C5H6N2O2.ClH/c1-9-4-2-6-3-7-5(4)8;/h2-3H,1H3,(H,6,7,8);1H. The number of aromatic nitrogens is 2. The van der Waals surface area contributed by atoms with Gasteiger partial charge in [-0.1, -0.05) is 0 Å². The highest BCUT2D eigenvalue weighted by atomic mass is 35.5. The summed E-state index contributed by atoms with van der Waals surface area (Å²) >= 11 is 0. The summed E-state index contributed by atoms with van der Waals surface area (Å²) in [5, 5.41) is 0. The largest absolute Gasteiger partial charge is 0.490 e. The van der Waals surface area contributed by atoms with Crippen LogP contribution in [0.25, 0.3) is 0 Å². The molecule has 1 aromatic rings. The van der Waals surface area contributed by atoms with E-state index in [2.05, 4.69) is 14.7 Å². The van der Waals surface area contributed by atoms with Crippen molar-refractivity contribution in [3.63, 3.8) is 0 Å². The van der Waals surface area contributed by atoms with Crippen molar-refractivity contribution in [2.75, 3.05) is 7.11 Å². The van der Waals surface area contributed by atoms with Gasteiger partial charge in [0, 0.05) is 0 Å². The van der Waals surface area contributed by atoms with Crippen molar-refractivity contribution in [2.45, 2.75) is 0 Å². The number of halogens is 1. The Morgan fingerprint density at radius 3 is 2.80 bits per heavy atom. The molecule has 0 aromatic carbocycles. The first-order valence-electron chi connectivity index (χ1n) is 2.41. The van der Waals surface area contributed by atoms with Gasteiger partial charge < -0.3 is 9.72 Å². The van der Waals surface area contributed by atoms with Gasteiger partial charge in [-0.3, -0.25) is 4.79 Å². The molecule has 0 bridgehead atoms. The lowest BCUT2D eigenvalue weighted by Gasteiger charge is -1.92. The van der Waals surface area contributed by atoms with E-state index >= 15 is 0 Å². The SMILES string of the molecule is COc1cnc[nH]c1=O.Cl. The zero-order valence-electron chi connectivity index (χ0n) is 5.33. The minimum Gasteiger partial charge on any atom is -0.490 e. The molecule has 1 N–H and O–H groups in total. The van der Waals surface area contributed by atoms with Gasteiger partial charge in [0.25, 0.3) is 5.56 Å². The summed E-state index contributed by atoms with van der Waals surface area (Å²) in [6.45, 7) is 0. The van der Waals surface area contributed by atoms with Crippen LogP contribution in [0.3, 0.4) is 0 Å². The second-order valence-electron chi connectivity index (χ2n) is 1.45. The first kappa shape index (κ1) is 8.97. The molecule has 0 saturated heterocycles. The lowest BCUT2D eigenvalue weighted by Crippen LogP contribution is -2.07. The Bertz CT molecular complexity index is 247. The molecule has 1 heterocycles. The maximum Gasteiger partial charge on any atom is 0.293 e. The molecule has 56 valence electrons. The van der Waals surface area contributed by atoms with Crippen LogP contribution in [0.5, 0.6) is 5.75 Å². The number of aromatic amines is 1. The molecule has 0 fully saturated rings. The zero-order chi connectivity index (χ0) is 6.69. The van der Waals surface area contributed by atoms with Gasteiger partial charge in [0.2, 0.25) is 5.75 Å². The summed E-state index contributed by atoms with van der Waals surface area (Å²) in [4.78, 5) is 16.6. The molecule has 10 heavy (non-hydrogen) atoms. The molecule has 5 heteroatoms. The lowest BCUT2D eigenvalue weighted by atomic mass is 10.6. The van der Waals surface area contributed by atoms with Gasteiger partial charge >= 0.3 is 0 Å². The van der Waals surface area contributed by atoms with Crippen molar-refractivity contribution < 1.29 is 4.74 Å². The molecule has 0 aliphatic heterocycles. The molecule has 0 aliphatic carbocycles. The quantitative estimate of drug-likeness (QED) is 0.642. The minimum absolute atomic E-state index is 0. The van der Waals surface area contributed by atoms with Crippen LogP contribution >= 0.6 is 12.4 Å². The predicted molar refractivity (Wildman–Crippen MR) is 38.7 cm³/mol. The van der Waals surface area contributed by atoms with Crippen molar-refractivity contribution in [1.29, 1.82) is 0 Å². The normalized spacial score (nSPS) is 8.10. The van der Waals surface area contributed by atoms with Crippen LogP contribution in [0, 0.1) is 0 Å². The Labute approximate surface area is 63.7 Å². The highest BCUT2D eigenvalue weighted by molar-refractivity contribution is 5.85. The van der Waals surface area contributed by atoms with Gasteiger partial charge in [-0.05, 0) is 0 Å². The molecule has 1 rings (SSSR count). The van der Waals surface area contributed by atoms with Gasteiger partial charge in [0.15, 0.2) is 0 Å². The molecule has 0 aliphatic rings. The number of methoxy groups -OCH3 is 1. The lowest BCUT2D eigenvalue weighted by molar-refractivity contribution is 0.406. The Hall–Kier alpha value is -1.03. The summed E-state index contributed by atoms with van der Waals surface area (Å²) in [7, 11) is 1.42. The van der Waals surface area contributed by atoms with Gasteiger partial charge in [0.05, 0.1) is 19.6 Å². The molecule has 0 atom stereocenters. The summed E-state index contributed by atoms with van der Waals surface area (Å²) in [5.41, 5.74) is -0.257. The van der Waals surface area contributed by atoms with Crippen LogP contribution in [0.1, 0.15) is 0 Å². The topological polar surface area (TPSA) is 55.0 Å². The van der Waals surface area contributed by atoms with E-state index in [4.69, 9.17) is 0 Å². The van der Waals surface area contributed by atoms with Crippen LogP contribution in [-0.2, 0) is 0 Å². The van der Waals surface area contributed by atoms with E-state index in [1.165, 1.54) is 19.6 Å². The minimum atomic E-state index is -0.257. The second kappa shape index (κ2) is 3.90. The maximum absolute atomic E-state index is 10.6. The van der Waals surface area contributed by atoms with E-state index in [9.17, 15) is 4.79 Å². The summed E-state index contributed by atoms with van der Waals surface area (Å²) < 4.78 is 4.64. The fourth-order valence-electron chi connectivity index (χ4n) is 0.476. The van der Waals surface area contributed by atoms with Crippen LogP contribution < -0.4 is 10.3 Å². The molecule has 0 radical (unpaired) electrons. The Morgan fingerprint density at radius 1 is 1.70 bits per heavy atom. The van der Waals surface area contributed by atoms with Crippen molar-refractivity contribution in [2.24, 2.45) is 0 Å². The van der Waals surface area contributed by atoms with Gasteiger partial charge in [-0.2, -0.15) is 0 Å². The Balaban J connectivity index is 0.000000810. The maximum atomic E-state index is 10.6. The molecule has 0 amide bonds. The number of nitrogens with one attached hydrogen (secondary N) is 1. The van der Waals surface area contributed by atoms with Crippen LogP contribution in [0.2, 0.25) is 0 Å². The Kier molecular flexibility index (Phi) is 3.49. The number of hydrogen-bond acceptors (Lipinski definition) is 3. The first-order valence-corrected chi connectivity index (χ1v) is 2.41. The number of ether oxygens (including phenoxy) is 1. The Morgan fingerprint density at radius 2 is 2.40 bits per heavy atom. The third-order valence-corrected chi connectivity index (χ3v) is 0.906. The smallest absolute Gasteiger partial charge is 0.293 e. The summed E-state index contributed by atoms with van der Waals surface area (Å²) in [5.74, 6) is 0.234. The molecule has 0 saturated carbocycles. The highest BCUT2D eigenvalue weighted by Crippen LogP contribution is 1.92. The molecular weight excluding hydrogens is 156 g/mol. The molecule has 0 spiro atoms. The molecule has 4 nitrogen and oxygen atoms in total. The summed E-state index contributed by atoms with van der Waals surface area (Å²) in [6, 6.07) is 0. The van der Waals surface area contributed by atoms with E-state index in [0.29, 0.717) is 0 Å². The van der Waals surface area contributed by atoms with Crippen LogP contribution in [-0.4, -0.2) is 17.1 Å². The van der Waals surface area contributed by atoms with E-state index < -0.39 is 0 Å². The number of hydrogen-bond donors (Lipinski definition) is 1. The monoisotopic (exact) mass is 162 g/mol.